The summed E-state index contributed by atoms with van der Waals surface area (Å²) in [6, 6.07) is -14.8. The van der Waals surface area contributed by atoms with Gasteiger partial charge in [-0.15, -0.1) is 11.3 Å². The van der Waals surface area contributed by atoms with E-state index in [0.29, 0.717) is 4.70 Å². The maximum absolute atomic E-state index is 9.63. The minimum Gasteiger partial charge on any atom is -0.455 e. The van der Waals surface area contributed by atoms with E-state index in [9.17, 15) is 2.74 Å². The highest BCUT2D eigenvalue weighted by Gasteiger charge is 2.18. The van der Waals surface area contributed by atoms with Gasteiger partial charge in [-0.2, -0.15) is 0 Å². The third-order valence-corrected chi connectivity index (χ3v) is 8.91. The number of benzene rings is 7. The Morgan fingerprint density at radius 2 is 1.12 bits per heavy atom. The van der Waals surface area contributed by atoms with Gasteiger partial charge in [0.1, 0.15) is 11.2 Å². The van der Waals surface area contributed by atoms with Gasteiger partial charge in [0.05, 0.1) is 50.2 Å². The van der Waals surface area contributed by atoms with Gasteiger partial charge in [0.15, 0.2) is 5.82 Å². The fourth-order valence-corrected chi connectivity index (χ4v) is 6.64. The van der Waals surface area contributed by atoms with Crippen molar-refractivity contribution in [3.05, 3.63) is 169 Å². The molecule has 0 unspecified atom stereocenters. The van der Waals surface area contributed by atoms with Crippen LogP contribution in [-0.4, -0.2) is 9.97 Å². The fourth-order valence-electron chi connectivity index (χ4n) is 5.52. The molecular weight excluding hydrogens is 629 g/mol. The van der Waals surface area contributed by atoms with E-state index in [-0.39, 0.29) is 43.2 Å². The summed E-state index contributed by atoms with van der Waals surface area (Å²) < 4.78 is 225. The lowest BCUT2D eigenvalue weighted by molar-refractivity contribution is 0.670. The third kappa shape index (κ3) is 4.80. The van der Waals surface area contributed by atoms with E-state index in [1.54, 1.807) is 0 Å². The quantitative estimate of drug-likeness (QED) is 0.181. The number of rotatable bonds is 5. The molecule has 0 saturated carbocycles. The predicted octanol–water partition coefficient (Wildman–Crippen LogP) is 13.1. The van der Waals surface area contributed by atoms with Crippen molar-refractivity contribution >= 4 is 53.6 Å². The first-order valence-electron chi connectivity index (χ1n) is 27.2. The average Bonchev–Trinajstić information content (AvgIpc) is 3.97. The number of furan rings is 1. The van der Waals surface area contributed by atoms with Crippen molar-refractivity contribution in [2.75, 3.05) is 0 Å². The summed E-state index contributed by atoms with van der Waals surface area (Å²) >= 11 is 0.974. The molecular formula is C46H28N2OS. The molecule has 0 radical (unpaired) electrons. The third-order valence-electron chi connectivity index (χ3n) is 7.75. The second kappa shape index (κ2) is 11.7. The lowest BCUT2D eigenvalue weighted by atomic mass is 9.95. The maximum atomic E-state index is 9.63. The van der Waals surface area contributed by atoms with Crippen LogP contribution < -0.4 is 0 Å². The minimum absolute atomic E-state index is 0.0250. The van der Waals surface area contributed by atoms with Crippen LogP contribution in [0.25, 0.3) is 98.3 Å². The van der Waals surface area contributed by atoms with E-state index in [2.05, 4.69) is 9.97 Å². The highest BCUT2D eigenvalue weighted by molar-refractivity contribution is 7.26. The second-order valence-electron chi connectivity index (χ2n) is 10.6. The number of hydrogen-bond donors (Lipinski definition) is 0. The van der Waals surface area contributed by atoms with Crippen LogP contribution in [0.15, 0.2) is 174 Å². The van der Waals surface area contributed by atoms with Gasteiger partial charge in [-0.05, 0) is 58.1 Å². The van der Waals surface area contributed by atoms with Gasteiger partial charge >= 0.3 is 0 Å². The molecule has 0 amide bonds. The predicted molar refractivity (Wildman–Crippen MR) is 209 cm³/mol. The molecule has 0 atom stereocenters. The number of aromatic nitrogens is 2. The lowest BCUT2D eigenvalue weighted by Gasteiger charge is -2.09. The van der Waals surface area contributed by atoms with Crippen molar-refractivity contribution in [1.82, 2.24) is 9.97 Å². The molecule has 234 valence electrons. The molecule has 0 bridgehead atoms. The molecule has 50 heavy (non-hydrogen) atoms. The van der Waals surface area contributed by atoms with Crippen LogP contribution in [0.1, 0.15) is 34.3 Å². The second-order valence-corrected chi connectivity index (χ2v) is 11.7. The molecule has 10 rings (SSSR count). The van der Waals surface area contributed by atoms with Crippen molar-refractivity contribution in [1.29, 1.82) is 0 Å². The molecule has 0 N–H and O–H groups in total. The standard InChI is InChI=1S/C46H28N2OS/c1-3-12-29(13-4-1)42-45-43(48-46(47-42)30-14-5-2-6-15-30)39-28-34(24-25-41(39)50-45)32-17-9-16-31(26-32)33-18-10-19-35(27-33)36-21-11-22-38-37-20-7-8-23-40(37)49-44(36)38/h1-28H/i1D,2D,3D,4D,5D,6D,7D,8D,9D,10D,11D,12D,13D,14D,15D,16D,17D,18D,19D,20D,21D,22D,23D,26D,27D. The number of thiophene rings is 1. The average molecular weight is 682 g/mol. The number of para-hydroxylation sites is 2. The van der Waals surface area contributed by atoms with Crippen LogP contribution in [0.3, 0.4) is 0 Å². The zero-order valence-electron chi connectivity index (χ0n) is 49.9. The Kier molecular flexibility index (Phi) is 3.07. The first-order valence-corrected chi connectivity index (χ1v) is 15.5. The molecule has 4 heteroatoms. The Hall–Kier alpha value is -6.36. The highest BCUT2D eigenvalue weighted by atomic mass is 32.1. The van der Waals surface area contributed by atoms with Crippen LogP contribution in [-0.2, 0) is 0 Å². The molecule has 0 saturated heterocycles. The summed E-state index contributed by atoms with van der Waals surface area (Å²) in [5.41, 5.74) is -5.25. The van der Waals surface area contributed by atoms with E-state index >= 15 is 0 Å². The van der Waals surface area contributed by atoms with Crippen molar-refractivity contribution in [3.8, 4) is 56.0 Å². The van der Waals surface area contributed by atoms with Gasteiger partial charge in [0, 0.05) is 37.5 Å². The van der Waals surface area contributed by atoms with E-state index in [1.165, 1.54) is 18.2 Å². The highest BCUT2D eigenvalue weighted by Crippen LogP contribution is 2.42. The Bertz CT molecular complexity index is 4260. The lowest BCUT2D eigenvalue weighted by Crippen LogP contribution is -1.93. The van der Waals surface area contributed by atoms with Crippen molar-refractivity contribution in [2.45, 2.75) is 0 Å². The van der Waals surface area contributed by atoms with E-state index in [4.69, 9.17) is 35.9 Å². The van der Waals surface area contributed by atoms with E-state index < -0.39 is 201 Å². The molecule has 10 aromatic rings. The van der Waals surface area contributed by atoms with Crippen molar-refractivity contribution in [2.24, 2.45) is 0 Å². The molecule has 7 aromatic carbocycles. The van der Waals surface area contributed by atoms with Gasteiger partial charge in [-0.25, -0.2) is 9.97 Å². The molecule has 0 aliphatic heterocycles. The van der Waals surface area contributed by atoms with Gasteiger partial charge in [-0.3, -0.25) is 0 Å². The molecule has 0 aliphatic rings. The summed E-state index contributed by atoms with van der Waals surface area (Å²) in [7, 11) is 0. The summed E-state index contributed by atoms with van der Waals surface area (Å²) in [6.45, 7) is 0. The van der Waals surface area contributed by atoms with E-state index in [1.807, 2.05) is 0 Å². The first kappa shape index (κ1) is 13.2. The van der Waals surface area contributed by atoms with Crippen molar-refractivity contribution < 1.29 is 38.7 Å². The Morgan fingerprint density at radius 1 is 0.500 bits per heavy atom. The number of nitrogens with zero attached hydrogens (tertiary/aromatic N) is 2. The summed E-state index contributed by atoms with van der Waals surface area (Å²) in [5, 5.41) is -0.556. The number of fused-ring (bicyclic) bond motifs is 6. The fraction of sp³-hybridized carbons (Fsp3) is 0. The molecule has 3 heterocycles. The molecule has 3 aromatic heterocycles. The Balaban J connectivity index is 1.27. The SMILES string of the molecule is [2H]c1c([2H])c([2H])c(-c2nc(-c3c([2H])c([2H])c([2H])c([2H])c3[2H])c3sc4ccc(-c5c([2H])c([2H])c([2H])c(-c6c([2H])c([2H])c([2H])c(-c7c([2H])c([2H])c([2H])c8c7oc7c([2H])c([2H])c([2H])c([2H])c78)c6[2H])c5[2H])cc4c3n2)c([2H])c1[2H]. The zero-order chi connectivity index (χ0) is 54.8. The van der Waals surface area contributed by atoms with Gasteiger partial charge in [-0.1, -0.05) is 139 Å². The minimum atomic E-state index is -0.928. The molecule has 0 aliphatic carbocycles. The summed E-state index contributed by atoms with van der Waals surface area (Å²) in [5.74, 6) is -0.498. The van der Waals surface area contributed by atoms with Gasteiger partial charge in [0.2, 0.25) is 0 Å². The molecule has 3 nitrogen and oxygen atoms in total. The molecule has 0 spiro atoms. The molecule has 0 fully saturated rings. The Labute approximate surface area is 327 Å². The summed E-state index contributed by atoms with van der Waals surface area (Å²) in [6.07, 6.45) is 0. The monoisotopic (exact) mass is 681 g/mol. The van der Waals surface area contributed by atoms with Crippen molar-refractivity contribution in [3.63, 3.8) is 0 Å². The van der Waals surface area contributed by atoms with Gasteiger partial charge < -0.3 is 4.42 Å². The topological polar surface area (TPSA) is 38.9 Å². The largest absolute Gasteiger partial charge is 0.455 e. The maximum Gasteiger partial charge on any atom is 0.160 e. The van der Waals surface area contributed by atoms with Crippen LogP contribution in [0.4, 0.5) is 0 Å². The number of hydrogen-bond acceptors (Lipinski definition) is 4. The van der Waals surface area contributed by atoms with Crippen LogP contribution in [0.5, 0.6) is 0 Å². The zero-order valence-corrected chi connectivity index (χ0v) is 25.8. The Morgan fingerprint density at radius 3 is 1.92 bits per heavy atom. The first-order chi connectivity index (χ1) is 35.2. The van der Waals surface area contributed by atoms with Crippen LogP contribution in [0.2, 0.25) is 0 Å². The van der Waals surface area contributed by atoms with E-state index in [0.717, 1.165) is 11.3 Å². The summed E-state index contributed by atoms with van der Waals surface area (Å²) in [4.78, 5) is 9.16. The van der Waals surface area contributed by atoms with Crippen LogP contribution in [0, 0.1) is 0 Å². The van der Waals surface area contributed by atoms with Gasteiger partial charge in [0.25, 0.3) is 0 Å². The normalized spacial score (nSPS) is 18.6. The van der Waals surface area contributed by atoms with Crippen LogP contribution >= 0.6 is 11.3 Å². The smallest absolute Gasteiger partial charge is 0.160 e.